The summed E-state index contributed by atoms with van der Waals surface area (Å²) in [5.74, 6) is -1.46. The summed E-state index contributed by atoms with van der Waals surface area (Å²) in [6, 6.07) is 0. The van der Waals surface area contributed by atoms with Crippen LogP contribution in [0.15, 0.2) is 0 Å². The van der Waals surface area contributed by atoms with Crippen LogP contribution in [0.1, 0.15) is 46.0 Å². The molecule has 1 unspecified atom stereocenters. The Morgan fingerprint density at radius 1 is 1.28 bits per heavy atom. The van der Waals surface area contributed by atoms with Crippen molar-refractivity contribution in [3.63, 3.8) is 0 Å². The SMILES string of the molecule is CCC1(OC(=O)C(C)(CO)C(=O)OC)CCCC1. The van der Waals surface area contributed by atoms with E-state index in [2.05, 4.69) is 4.74 Å². The summed E-state index contributed by atoms with van der Waals surface area (Å²) in [5.41, 5.74) is -2.10. The molecule has 0 aromatic rings. The van der Waals surface area contributed by atoms with Crippen molar-refractivity contribution < 1.29 is 24.2 Å². The molecule has 1 fully saturated rings. The van der Waals surface area contributed by atoms with E-state index in [1.165, 1.54) is 14.0 Å². The summed E-state index contributed by atoms with van der Waals surface area (Å²) in [4.78, 5) is 23.7. The normalized spacial score (nSPS) is 21.1. The largest absolute Gasteiger partial charge is 0.468 e. The number of hydrogen-bond acceptors (Lipinski definition) is 5. The van der Waals surface area contributed by atoms with E-state index in [1.54, 1.807) is 0 Å². The minimum absolute atomic E-state index is 0.471. The molecule has 0 aromatic heterocycles. The highest BCUT2D eigenvalue weighted by Gasteiger charge is 2.47. The Balaban J connectivity index is 2.82. The Kier molecular flexibility index (Phi) is 4.73. The first-order valence-corrected chi connectivity index (χ1v) is 6.37. The molecule has 1 aliphatic rings. The highest BCUT2D eigenvalue weighted by molar-refractivity contribution is 5.99. The third kappa shape index (κ3) is 2.66. The molecule has 104 valence electrons. The molecule has 0 bridgehead atoms. The van der Waals surface area contributed by atoms with Crippen molar-refractivity contribution in [2.24, 2.45) is 5.41 Å². The van der Waals surface area contributed by atoms with E-state index in [0.717, 1.165) is 32.1 Å². The first-order valence-electron chi connectivity index (χ1n) is 6.37. The van der Waals surface area contributed by atoms with Gasteiger partial charge in [-0.2, -0.15) is 0 Å². The van der Waals surface area contributed by atoms with E-state index in [0.29, 0.717) is 0 Å². The van der Waals surface area contributed by atoms with Gasteiger partial charge in [0.05, 0.1) is 13.7 Å². The van der Waals surface area contributed by atoms with Crippen molar-refractivity contribution in [2.45, 2.75) is 51.6 Å². The second-order valence-corrected chi connectivity index (χ2v) is 5.11. The molecule has 0 radical (unpaired) electrons. The van der Waals surface area contributed by atoms with Gasteiger partial charge in [0.2, 0.25) is 0 Å². The van der Waals surface area contributed by atoms with E-state index in [-0.39, 0.29) is 0 Å². The number of aliphatic hydroxyl groups is 1. The molecule has 5 heteroatoms. The van der Waals surface area contributed by atoms with Crippen LogP contribution in [0.4, 0.5) is 0 Å². The Morgan fingerprint density at radius 2 is 1.83 bits per heavy atom. The minimum atomic E-state index is -1.63. The zero-order valence-electron chi connectivity index (χ0n) is 11.3. The van der Waals surface area contributed by atoms with E-state index in [1.807, 2.05) is 6.92 Å². The van der Waals surface area contributed by atoms with Crippen LogP contribution in [0.5, 0.6) is 0 Å². The third-order valence-electron chi connectivity index (χ3n) is 3.87. The predicted molar refractivity (Wildman–Crippen MR) is 64.8 cm³/mol. The Labute approximate surface area is 107 Å². The maximum atomic E-state index is 12.1. The van der Waals surface area contributed by atoms with Crippen LogP contribution in [0.3, 0.4) is 0 Å². The number of rotatable bonds is 5. The summed E-state index contributed by atoms with van der Waals surface area (Å²) in [6.07, 6.45) is 4.40. The molecule has 0 spiro atoms. The van der Waals surface area contributed by atoms with Gasteiger partial charge in [-0.3, -0.25) is 9.59 Å². The van der Waals surface area contributed by atoms with E-state index < -0.39 is 29.6 Å². The first-order chi connectivity index (χ1) is 8.44. The Bertz CT molecular complexity index is 319. The fourth-order valence-electron chi connectivity index (χ4n) is 2.29. The maximum Gasteiger partial charge on any atom is 0.326 e. The highest BCUT2D eigenvalue weighted by Crippen LogP contribution is 2.38. The lowest BCUT2D eigenvalue weighted by atomic mass is 9.91. The van der Waals surface area contributed by atoms with Crippen LogP contribution in [-0.4, -0.2) is 36.4 Å². The average Bonchev–Trinajstić information content (AvgIpc) is 2.85. The summed E-state index contributed by atoms with van der Waals surface area (Å²) in [6.45, 7) is 2.70. The first kappa shape index (κ1) is 15.0. The number of aliphatic hydroxyl groups excluding tert-OH is 1. The Morgan fingerprint density at radius 3 is 2.22 bits per heavy atom. The fourth-order valence-corrected chi connectivity index (χ4v) is 2.29. The van der Waals surface area contributed by atoms with Gasteiger partial charge in [0.15, 0.2) is 5.41 Å². The van der Waals surface area contributed by atoms with Crippen LogP contribution in [0.2, 0.25) is 0 Å². The van der Waals surface area contributed by atoms with E-state index >= 15 is 0 Å². The lowest BCUT2D eigenvalue weighted by Crippen LogP contribution is -2.46. The number of methoxy groups -OCH3 is 1. The highest BCUT2D eigenvalue weighted by atomic mass is 16.6. The molecule has 1 saturated carbocycles. The number of ether oxygens (including phenoxy) is 2. The maximum absolute atomic E-state index is 12.1. The minimum Gasteiger partial charge on any atom is -0.468 e. The monoisotopic (exact) mass is 258 g/mol. The van der Waals surface area contributed by atoms with Gasteiger partial charge in [0, 0.05) is 0 Å². The molecule has 5 nitrogen and oxygen atoms in total. The van der Waals surface area contributed by atoms with Gasteiger partial charge in [-0.15, -0.1) is 0 Å². The predicted octanol–water partition coefficient (Wildman–Crippen LogP) is 1.42. The topological polar surface area (TPSA) is 72.8 Å². The van der Waals surface area contributed by atoms with Crippen molar-refractivity contribution in [1.82, 2.24) is 0 Å². The summed E-state index contributed by atoms with van der Waals surface area (Å²) in [7, 11) is 1.19. The van der Waals surface area contributed by atoms with E-state index in [4.69, 9.17) is 4.74 Å². The molecular formula is C13H22O5. The lowest BCUT2D eigenvalue weighted by molar-refractivity contribution is -0.183. The van der Waals surface area contributed by atoms with Gasteiger partial charge in [-0.05, 0) is 39.0 Å². The average molecular weight is 258 g/mol. The van der Waals surface area contributed by atoms with Gasteiger partial charge in [0.25, 0.3) is 0 Å². The van der Waals surface area contributed by atoms with Gasteiger partial charge < -0.3 is 14.6 Å². The Hall–Kier alpha value is -1.10. The molecule has 1 atom stereocenters. The smallest absolute Gasteiger partial charge is 0.326 e. The molecular weight excluding hydrogens is 236 g/mol. The second kappa shape index (κ2) is 5.69. The fraction of sp³-hybridized carbons (Fsp3) is 0.846. The van der Waals surface area contributed by atoms with Gasteiger partial charge >= 0.3 is 11.9 Å². The summed E-state index contributed by atoms with van der Waals surface area (Å²) >= 11 is 0. The van der Waals surface area contributed by atoms with Crippen molar-refractivity contribution in [2.75, 3.05) is 13.7 Å². The van der Waals surface area contributed by atoms with E-state index in [9.17, 15) is 14.7 Å². The van der Waals surface area contributed by atoms with Gasteiger partial charge in [-0.25, -0.2) is 0 Å². The van der Waals surface area contributed by atoms with Crippen molar-refractivity contribution in [3.8, 4) is 0 Å². The van der Waals surface area contributed by atoms with Crippen LogP contribution in [0, 0.1) is 5.41 Å². The number of carbonyl (C=O) groups excluding carboxylic acids is 2. The molecule has 1 aliphatic carbocycles. The molecule has 1 rings (SSSR count). The van der Waals surface area contributed by atoms with Crippen molar-refractivity contribution in [1.29, 1.82) is 0 Å². The number of hydrogen-bond donors (Lipinski definition) is 1. The number of esters is 2. The molecule has 0 amide bonds. The van der Waals surface area contributed by atoms with Gasteiger partial charge in [0.1, 0.15) is 5.60 Å². The molecule has 0 saturated heterocycles. The second-order valence-electron chi connectivity index (χ2n) is 5.11. The van der Waals surface area contributed by atoms with Crippen LogP contribution in [0.25, 0.3) is 0 Å². The summed E-state index contributed by atoms with van der Waals surface area (Å²) < 4.78 is 10.1. The summed E-state index contributed by atoms with van der Waals surface area (Å²) in [5, 5.41) is 9.29. The lowest BCUT2D eigenvalue weighted by Gasteiger charge is -2.32. The zero-order chi connectivity index (χ0) is 13.8. The molecule has 0 heterocycles. The van der Waals surface area contributed by atoms with Crippen LogP contribution >= 0.6 is 0 Å². The standard InChI is InChI=1S/C13H22O5/c1-4-13(7-5-6-8-13)18-11(16)12(2,9-14)10(15)17-3/h14H,4-9H2,1-3H3. The zero-order valence-corrected chi connectivity index (χ0v) is 11.3. The van der Waals surface area contributed by atoms with Crippen molar-refractivity contribution in [3.05, 3.63) is 0 Å². The van der Waals surface area contributed by atoms with Gasteiger partial charge in [-0.1, -0.05) is 6.92 Å². The van der Waals surface area contributed by atoms with Crippen LogP contribution < -0.4 is 0 Å². The third-order valence-corrected chi connectivity index (χ3v) is 3.87. The molecule has 0 aromatic carbocycles. The molecule has 1 N–H and O–H groups in total. The molecule has 18 heavy (non-hydrogen) atoms. The van der Waals surface area contributed by atoms with Crippen LogP contribution in [-0.2, 0) is 19.1 Å². The molecule has 0 aliphatic heterocycles. The number of carbonyl (C=O) groups is 2. The van der Waals surface area contributed by atoms with Crippen molar-refractivity contribution >= 4 is 11.9 Å². The quantitative estimate of drug-likeness (QED) is 0.596.